The summed E-state index contributed by atoms with van der Waals surface area (Å²) < 4.78 is 33.2. The molecule has 222 valence electrons. The molecule has 0 aromatic carbocycles. The van der Waals surface area contributed by atoms with Gasteiger partial charge in [0.2, 0.25) is 5.91 Å². The molecule has 0 radical (unpaired) electrons. The molecule has 0 bridgehead atoms. The zero-order valence-corrected chi connectivity index (χ0v) is 25.4. The number of hydrogen-bond donors (Lipinski definition) is 2. The number of phosphoric ester groups is 1. The van der Waals surface area contributed by atoms with Gasteiger partial charge in [-0.15, -0.1) is 0 Å². The number of carbonyl (C=O) groups excluding carboxylic acids is 1. The Morgan fingerprint density at radius 2 is 1.27 bits per heavy atom. The highest BCUT2D eigenvalue weighted by Gasteiger charge is 2.22. The Hall–Kier alpha value is -0.540. The van der Waals surface area contributed by atoms with Crippen molar-refractivity contribution in [1.82, 2.24) is 5.32 Å². The summed E-state index contributed by atoms with van der Waals surface area (Å²) in [6, 6.07) is 0. The summed E-state index contributed by atoms with van der Waals surface area (Å²) in [6.45, 7) is 5.47. The lowest BCUT2D eigenvalue weighted by Crippen LogP contribution is -2.37. The molecular weight excluding hydrogens is 495 g/mol. The van der Waals surface area contributed by atoms with Crippen LogP contribution in [-0.2, 0) is 27.9 Å². The molecule has 37 heavy (non-hydrogen) atoms. The molecule has 2 unspecified atom stereocenters. The predicted molar refractivity (Wildman–Crippen MR) is 149 cm³/mol. The lowest BCUT2D eigenvalue weighted by molar-refractivity contribution is -0.870. The Bertz CT molecular complexity index is 588. The van der Waals surface area contributed by atoms with Crippen LogP contribution in [0.25, 0.3) is 0 Å². The van der Waals surface area contributed by atoms with Gasteiger partial charge in [-0.25, -0.2) is 4.57 Å². The molecule has 2 atom stereocenters. The van der Waals surface area contributed by atoms with Gasteiger partial charge in [-0.05, 0) is 13.3 Å². The van der Waals surface area contributed by atoms with Crippen LogP contribution in [-0.4, -0.2) is 82.2 Å². The van der Waals surface area contributed by atoms with E-state index < -0.39 is 14.1 Å². The molecule has 9 nitrogen and oxygen atoms in total. The fourth-order valence-corrected chi connectivity index (χ4v) is 4.38. The second kappa shape index (κ2) is 23.4. The first-order valence-electron chi connectivity index (χ1n) is 14.5. The maximum atomic E-state index is 11.9. The molecule has 0 aromatic rings. The molecule has 0 saturated carbocycles. The number of nitrogens with zero attached hydrogens (tertiary/aromatic N) is 1. The zero-order chi connectivity index (χ0) is 27.8. The van der Waals surface area contributed by atoms with Gasteiger partial charge < -0.3 is 24.2 Å². The van der Waals surface area contributed by atoms with Crippen LogP contribution in [0.3, 0.4) is 0 Å². The van der Waals surface area contributed by atoms with Crippen molar-refractivity contribution in [2.45, 2.75) is 110 Å². The van der Waals surface area contributed by atoms with E-state index in [1.807, 2.05) is 21.1 Å². The number of quaternary nitrogens is 1. The van der Waals surface area contributed by atoms with Crippen LogP contribution >= 0.6 is 7.82 Å². The van der Waals surface area contributed by atoms with Gasteiger partial charge >= 0.3 is 7.82 Å². The minimum atomic E-state index is -4.08. The minimum absolute atomic E-state index is 0.0533. The highest BCUT2D eigenvalue weighted by atomic mass is 31.2. The van der Waals surface area contributed by atoms with Crippen LogP contribution in [0.5, 0.6) is 0 Å². The van der Waals surface area contributed by atoms with Crippen molar-refractivity contribution in [1.29, 1.82) is 0 Å². The number of amides is 1. The summed E-state index contributed by atoms with van der Waals surface area (Å²) in [6.07, 6.45) is 16.8. The molecule has 0 aliphatic rings. The van der Waals surface area contributed by atoms with E-state index >= 15 is 0 Å². The normalized spacial score (nSPS) is 14.4. The predicted octanol–water partition coefficient (Wildman–Crippen LogP) is 5.80. The van der Waals surface area contributed by atoms with Crippen LogP contribution < -0.4 is 5.32 Å². The molecule has 0 aromatic heterocycles. The molecule has 1 amide bonds. The van der Waals surface area contributed by atoms with Crippen LogP contribution in [0.4, 0.5) is 0 Å². The molecule has 0 saturated heterocycles. The van der Waals surface area contributed by atoms with Gasteiger partial charge in [-0.1, -0.05) is 84.0 Å². The van der Waals surface area contributed by atoms with Crippen molar-refractivity contribution < 1.29 is 37.3 Å². The zero-order valence-electron chi connectivity index (χ0n) is 24.5. The van der Waals surface area contributed by atoms with Gasteiger partial charge in [-0.2, -0.15) is 0 Å². The van der Waals surface area contributed by atoms with Crippen molar-refractivity contribution in [3.63, 3.8) is 0 Å². The largest absolute Gasteiger partial charge is 0.472 e. The minimum Gasteiger partial charge on any atom is -0.354 e. The smallest absolute Gasteiger partial charge is 0.354 e. The number of hydrogen-bond acceptors (Lipinski definition) is 6. The number of phosphoric acid groups is 1. The third kappa shape index (κ3) is 28.3. The van der Waals surface area contributed by atoms with Crippen molar-refractivity contribution in [3.05, 3.63) is 0 Å². The van der Waals surface area contributed by atoms with Gasteiger partial charge in [0, 0.05) is 13.0 Å². The highest BCUT2D eigenvalue weighted by Crippen LogP contribution is 2.42. The molecule has 10 heteroatoms. The molecular formula is C27H58N2O7P+. The monoisotopic (exact) mass is 553 g/mol. The summed E-state index contributed by atoms with van der Waals surface area (Å²) in [5.41, 5.74) is 0. The fraction of sp³-hybridized carbons (Fsp3) is 0.963. The SMILES string of the molecule is CCCCCCCCCCCCCCCC(=O)NCCOC(C)OCCOP(=O)(O)OCC[N+](C)(C)C. The molecule has 0 aliphatic carbocycles. The third-order valence-electron chi connectivity index (χ3n) is 5.99. The first-order chi connectivity index (χ1) is 17.6. The summed E-state index contributed by atoms with van der Waals surface area (Å²) >= 11 is 0. The Kier molecular flexibility index (Phi) is 23.0. The van der Waals surface area contributed by atoms with Crippen molar-refractivity contribution in [2.75, 3.05) is 60.7 Å². The number of nitrogens with one attached hydrogen (secondary N) is 1. The van der Waals surface area contributed by atoms with Crippen LogP contribution in [0.15, 0.2) is 0 Å². The standard InChI is InChI=1S/C27H57N2O7P/c1-6-7-8-9-10-11-12-13-14-15-16-17-18-19-27(30)28-20-22-33-26(2)34-24-25-36-37(31,32)35-23-21-29(3,4)5/h26H,6-25H2,1-5H3,(H-,28,30,31,32)/p+1. The first kappa shape index (κ1) is 36.5. The van der Waals surface area contributed by atoms with E-state index in [1.165, 1.54) is 70.6 Å². The molecule has 0 spiro atoms. The number of unbranched alkanes of at least 4 members (excludes halogenated alkanes) is 12. The number of likely N-dealkylation sites (N-methyl/N-ethyl adjacent to an activating group) is 1. The van der Waals surface area contributed by atoms with E-state index in [4.69, 9.17) is 18.5 Å². The van der Waals surface area contributed by atoms with Crippen LogP contribution in [0, 0.1) is 0 Å². The summed E-state index contributed by atoms with van der Waals surface area (Å²) in [5.74, 6) is 0.0533. The third-order valence-corrected chi connectivity index (χ3v) is 7.01. The van der Waals surface area contributed by atoms with Gasteiger partial charge in [0.25, 0.3) is 0 Å². The average molecular weight is 554 g/mol. The van der Waals surface area contributed by atoms with Gasteiger partial charge in [-0.3, -0.25) is 13.8 Å². The maximum absolute atomic E-state index is 11.9. The molecule has 0 aliphatic heterocycles. The van der Waals surface area contributed by atoms with Crippen LogP contribution in [0.1, 0.15) is 104 Å². The van der Waals surface area contributed by atoms with Crippen LogP contribution in [0.2, 0.25) is 0 Å². The second-order valence-electron chi connectivity index (χ2n) is 10.8. The second-order valence-corrected chi connectivity index (χ2v) is 12.3. The average Bonchev–Trinajstić information content (AvgIpc) is 2.81. The van der Waals surface area contributed by atoms with Gasteiger partial charge in [0.15, 0.2) is 6.29 Å². The van der Waals surface area contributed by atoms with Crippen molar-refractivity contribution >= 4 is 13.7 Å². The Balaban J connectivity index is 3.49. The molecule has 0 fully saturated rings. The summed E-state index contributed by atoms with van der Waals surface area (Å²) in [4.78, 5) is 21.6. The number of ether oxygens (including phenoxy) is 2. The molecule has 0 rings (SSSR count). The Morgan fingerprint density at radius 1 is 0.784 bits per heavy atom. The van der Waals surface area contributed by atoms with E-state index in [1.54, 1.807) is 6.92 Å². The van der Waals surface area contributed by atoms with E-state index in [0.29, 0.717) is 30.6 Å². The number of carbonyl (C=O) groups is 1. The summed E-state index contributed by atoms with van der Waals surface area (Å²) in [7, 11) is 1.82. The lowest BCUT2D eigenvalue weighted by atomic mass is 10.0. The lowest BCUT2D eigenvalue weighted by Gasteiger charge is -2.24. The van der Waals surface area contributed by atoms with Crippen molar-refractivity contribution in [3.8, 4) is 0 Å². The van der Waals surface area contributed by atoms with Gasteiger partial charge in [0.05, 0.1) is 41.0 Å². The van der Waals surface area contributed by atoms with E-state index in [-0.39, 0.29) is 25.7 Å². The van der Waals surface area contributed by atoms with Crippen molar-refractivity contribution in [2.24, 2.45) is 0 Å². The molecule has 0 heterocycles. The van der Waals surface area contributed by atoms with Gasteiger partial charge in [0.1, 0.15) is 13.2 Å². The fourth-order valence-electron chi connectivity index (χ4n) is 3.69. The Morgan fingerprint density at radius 3 is 1.81 bits per heavy atom. The van der Waals surface area contributed by atoms with E-state index in [0.717, 1.165) is 12.8 Å². The summed E-state index contributed by atoms with van der Waals surface area (Å²) in [5, 5.41) is 2.87. The topological polar surface area (TPSA) is 103 Å². The molecule has 2 N–H and O–H groups in total. The maximum Gasteiger partial charge on any atom is 0.472 e. The van der Waals surface area contributed by atoms with E-state index in [9.17, 15) is 14.3 Å². The highest BCUT2D eigenvalue weighted by molar-refractivity contribution is 7.47. The Labute approximate surface area is 227 Å². The van der Waals surface area contributed by atoms with E-state index in [2.05, 4.69) is 12.2 Å². The number of rotatable bonds is 27. The first-order valence-corrected chi connectivity index (χ1v) is 16.0. The quantitative estimate of drug-likeness (QED) is 0.0573.